The average Bonchev–Trinajstić information content (AvgIpc) is 2.38. The van der Waals surface area contributed by atoms with Crippen molar-refractivity contribution in [2.75, 3.05) is 0 Å². The van der Waals surface area contributed by atoms with Crippen molar-refractivity contribution in [1.82, 2.24) is 5.32 Å². The summed E-state index contributed by atoms with van der Waals surface area (Å²) in [6, 6.07) is 6.40. The molecule has 2 amide bonds. The van der Waals surface area contributed by atoms with Crippen LogP contribution in [0.5, 0.6) is 0 Å². The molecule has 3 nitrogen and oxygen atoms in total. The van der Waals surface area contributed by atoms with E-state index in [4.69, 9.17) is 0 Å². The highest BCUT2D eigenvalue weighted by Gasteiger charge is 2.28. The molecule has 0 bridgehead atoms. The van der Waals surface area contributed by atoms with E-state index in [2.05, 4.69) is 23.5 Å². The molecule has 1 N–H and O–H groups in total. The third kappa shape index (κ3) is 2.05. The average molecular weight is 243 g/mol. The van der Waals surface area contributed by atoms with E-state index >= 15 is 0 Å². The van der Waals surface area contributed by atoms with Crippen LogP contribution in [0.2, 0.25) is 0 Å². The summed E-state index contributed by atoms with van der Waals surface area (Å²) in [5.74, 6) is -0.425. The first-order valence-corrected chi connectivity index (χ1v) is 6.69. The van der Waals surface area contributed by atoms with Crippen LogP contribution in [0.25, 0.3) is 0 Å². The van der Waals surface area contributed by atoms with Gasteiger partial charge in [0, 0.05) is 6.42 Å². The number of aryl methyl sites for hydroxylation is 2. The van der Waals surface area contributed by atoms with E-state index in [0.29, 0.717) is 12.8 Å². The van der Waals surface area contributed by atoms with E-state index in [0.717, 1.165) is 18.4 Å². The second-order valence-electron chi connectivity index (χ2n) is 5.24. The van der Waals surface area contributed by atoms with Crippen molar-refractivity contribution in [3.05, 3.63) is 34.9 Å². The highest BCUT2D eigenvalue weighted by molar-refractivity contribution is 6.00. The van der Waals surface area contributed by atoms with Gasteiger partial charge in [0.1, 0.15) is 0 Å². The predicted octanol–water partition coefficient (Wildman–Crippen LogP) is 2.09. The van der Waals surface area contributed by atoms with Crippen LogP contribution >= 0.6 is 0 Å². The highest BCUT2D eigenvalue weighted by Crippen LogP contribution is 2.29. The van der Waals surface area contributed by atoms with Gasteiger partial charge in [0.15, 0.2) is 0 Å². The first kappa shape index (κ1) is 11.5. The molecule has 0 aromatic heterocycles. The molecule has 1 fully saturated rings. The van der Waals surface area contributed by atoms with Gasteiger partial charge in [-0.1, -0.05) is 18.2 Å². The number of hydrogen-bond donors (Lipinski definition) is 1. The van der Waals surface area contributed by atoms with Gasteiger partial charge in [0.2, 0.25) is 11.8 Å². The Morgan fingerprint density at radius 3 is 2.56 bits per heavy atom. The maximum atomic E-state index is 11.8. The van der Waals surface area contributed by atoms with Crippen molar-refractivity contribution >= 4 is 11.8 Å². The van der Waals surface area contributed by atoms with Crippen molar-refractivity contribution in [3.8, 4) is 0 Å². The van der Waals surface area contributed by atoms with Crippen molar-refractivity contribution < 1.29 is 9.59 Å². The number of piperidine rings is 1. The van der Waals surface area contributed by atoms with Crippen LogP contribution in [0.15, 0.2) is 18.2 Å². The molecule has 3 rings (SSSR count). The standard InChI is InChI=1S/C15H17NO2/c17-14-8-7-13(15(18)16-14)12-6-5-10-3-1-2-4-11(10)9-12/h5-6,9,13H,1-4,7-8H2,(H,16,17,18)/t13-/m0/s1. The summed E-state index contributed by atoms with van der Waals surface area (Å²) in [5, 5.41) is 2.43. The zero-order chi connectivity index (χ0) is 12.5. The molecule has 1 aromatic rings. The van der Waals surface area contributed by atoms with Gasteiger partial charge in [-0.25, -0.2) is 0 Å². The quantitative estimate of drug-likeness (QED) is 0.768. The lowest BCUT2D eigenvalue weighted by molar-refractivity contribution is -0.134. The molecule has 1 aliphatic carbocycles. The lowest BCUT2D eigenvalue weighted by Gasteiger charge is -2.23. The van der Waals surface area contributed by atoms with Gasteiger partial charge in [-0.3, -0.25) is 14.9 Å². The minimum atomic E-state index is -0.144. The van der Waals surface area contributed by atoms with E-state index in [-0.39, 0.29) is 17.7 Å². The zero-order valence-corrected chi connectivity index (χ0v) is 10.4. The molecular formula is C15H17NO2. The number of rotatable bonds is 1. The van der Waals surface area contributed by atoms with Crippen LogP contribution in [0.3, 0.4) is 0 Å². The van der Waals surface area contributed by atoms with Gasteiger partial charge in [-0.2, -0.15) is 0 Å². The summed E-state index contributed by atoms with van der Waals surface area (Å²) in [6.45, 7) is 0. The van der Waals surface area contributed by atoms with Crippen LogP contribution in [-0.4, -0.2) is 11.8 Å². The Morgan fingerprint density at radius 2 is 1.78 bits per heavy atom. The fraction of sp³-hybridized carbons (Fsp3) is 0.467. The van der Waals surface area contributed by atoms with Crippen LogP contribution in [0, 0.1) is 0 Å². The Labute approximate surface area is 107 Å². The maximum absolute atomic E-state index is 11.8. The Hall–Kier alpha value is -1.64. The van der Waals surface area contributed by atoms with Crippen molar-refractivity contribution in [3.63, 3.8) is 0 Å². The number of carbonyl (C=O) groups excluding carboxylic acids is 2. The molecule has 1 aromatic carbocycles. The second-order valence-corrected chi connectivity index (χ2v) is 5.24. The van der Waals surface area contributed by atoms with E-state index < -0.39 is 0 Å². The molecule has 1 aliphatic heterocycles. The number of amides is 2. The number of nitrogens with one attached hydrogen (secondary N) is 1. The van der Waals surface area contributed by atoms with Gasteiger partial charge in [0.05, 0.1) is 5.92 Å². The fourth-order valence-corrected chi connectivity index (χ4v) is 2.98. The number of benzene rings is 1. The SMILES string of the molecule is O=C1CC[C@@H](c2ccc3c(c2)CCCC3)C(=O)N1. The van der Waals surface area contributed by atoms with Crippen LogP contribution in [-0.2, 0) is 22.4 Å². The third-order valence-corrected chi connectivity index (χ3v) is 4.01. The minimum absolute atomic E-state index is 0.137. The lowest BCUT2D eigenvalue weighted by Crippen LogP contribution is -2.39. The maximum Gasteiger partial charge on any atom is 0.234 e. The molecule has 3 heteroatoms. The number of fused-ring (bicyclic) bond motifs is 1. The van der Waals surface area contributed by atoms with E-state index in [9.17, 15) is 9.59 Å². The van der Waals surface area contributed by atoms with Crippen molar-refractivity contribution in [1.29, 1.82) is 0 Å². The molecule has 0 saturated carbocycles. The van der Waals surface area contributed by atoms with E-state index in [1.165, 1.54) is 24.0 Å². The Kier molecular flexibility index (Phi) is 2.90. The molecule has 94 valence electrons. The Balaban J connectivity index is 1.88. The number of imide groups is 1. The van der Waals surface area contributed by atoms with Gasteiger partial charge in [-0.15, -0.1) is 0 Å². The minimum Gasteiger partial charge on any atom is -0.296 e. The molecule has 1 heterocycles. The molecule has 1 saturated heterocycles. The molecule has 1 atom stereocenters. The molecule has 0 spiro atoms. The van der Waals surface area contributed by atoms with Crippen LogP contribution < -0.4 is 5.32 Å². The summed E-state index contributed by atoms with van der Waals surface area (Å²) in [6.07, 6.45) is 5.88. The molecule has 2 aliphatic rings. The molecular weight excluding hydrogens is 226 g/mol. The van der Waals surface area contributed by atoms with Crippen molar-refractivity contribution in [2.45, 2.75) is 44.4 Å². The van der Waals surface area contributed by atoms with E-state index in [1.54, 1.807) is 0 Å². The molecule has 18 heavy (non-hydrogen) atoms. The predicted molar refractivity (Wildman–Crippen MR) is 68.2 cm³/mol. The third-order valence-electron chi connectivity index (χ3n) is 4.01. The monoisotopic (exact) mass is 243 g/mol. The second kappa shape index (κ2) is 4.56. The summed E-state index contributed by atoms with van der Waals surface area (Å²) in [5.41, 5.74) is 3.89. The lowest BCUT2D eigenvalue weighted by atomic mass is 9.85. The first-order chi connectivity index (χ1) is 8.74. The highest BCUT2D eigenvalue weighted by atomic mass is 16.2. The normalized spacial score (nSPS) is 23.4. The summed E-state index contributed by atoms with van der Waals surface area (Å²) < 4.78 is 0. The van der Waals surface area contributed by atoms with Crippen LogP contribution in [0.4, 0.5) is 0 Å². The number of carbonyl (C=O) groups is 2. The Bertz CT molecular complexity index is 507. The molecule has 0 unspecified atom stereocenters. The van der Waals surface area contributed by atoms with Gasteiger partial charge in [-0.05, 0) is 48.8 Å². The summed E-state index contributed by atoms with van der Waals surface area (Å²) >= 11 is 0. The topological polar surface area (TPSA) is 46.2 Å². The van der Waals surface area contributed by atoms with Gasteiger partial charge < -0.3 is 0 Å². The fourth-order valence-electron chi connectivity index (χ4n) is 2.98. The smallest absolute Gasteiger partial charge is 0.234 e. The van der Waals surface area contributed by atoms with Gasteiger partial charge in [0.25, 0.3) is 0 Å². The largest absolute Gasteiger partial charge is 0.296 e. The van der Waals surface area contributed by atoms with Crippen molar-refractivity contribution in [2.24, 2.45) is 0 Å². The van der Waals surface area contributed by atoms with E-state index in [1.807, 2.05) is 0 Å². The number of hydrogen-bond acceptors (Lipinski definition) is 2. The first-order valence-electron chi connectivity index (χ1n) is 6.69. The summed E-state index contributed by atoms with van der Waals surface area (Å²) in [7, 11) is 0. The van der Waals surface area contributed by atoms with Gasteiger partial charge >= 0.3 is 0 Å². The summed E-state index contributed by atoms with van der Waals surface area (Å²) in [4.78, 5) is 23.0. The Morgan fingerprint density at radius 1 is 1.00 bits per heavy atom. The zero-order valence-electron chi connectivity index (χ0n) is 10.4. The van der Waals surface area contributed by atoms with Crippen LogP contribution in [0.1, 0.15) is 48.3 Å². The molecule has 0 radical (unpaired) electrons.